The van der Waals surface area contributed by atoms with Gasteiger partial charge in [-0.3, -0.25) is 9.78 Å². The van der Waals surface area contributed by atoms with E-state index in [0.717, 1.165) is 19.4 Å². The summed E-state index contributed by atoms with van der Waals surface area (Å²) >= 11 is 0. The molecule has 98 valence electrons. The third-order valence-corrected chi connectivity index (χ3v) is 3.10. The number of nitrogens with zero attached hydrogens (tertiary/aromatic N) is 2. The van der Waals surface area contributed by atoms with Crippen LogP contribution in [0.15, 0.2) is 18.5 Å². The lowest BCUT2D eigenvalue weighted by Crippen LogP contribution is -2.40. The molecule has 1 aliphatic rings. The molecule has 5 heteroatoms. The SMILES string of the molecule is CCOC1CCN(C(=O)c2cncc(O)c2)CC1. The number of piperidine rings is 1. The maximum Gasteiger partial charge on any atom is 0.255 e. The second kappa shape index (κ2) is 5.82. The Bertz CT molecular complexity index is 414. The number of amides is 1. The number of rotatable bonds is 3. The summed E-state index contributed by atoms with van der Waals surface area (Å²) in [5.41, 5.74) is 0.435. The summed E-state index contributed by atoms with van der Waals surface area (Å²) in [5.74, 6) is -0.0570. The van der Waals surface area contributed by atoms with Gasteiger partial charge in [0.05, 0.1) is 17.9 Å². The fourth-order valence-electron chi connectivity index (χ4n) is 2.19. The molecule has 0 aromatic carbocycles. The predicted molar refractivity (Wildman–Crippen MR) is 66.5 cm³/mol. The van der Waals surface area contributed by atoms with Crippen molar-refractivity contribution in [2.45, 2.75) is 25.9 Å². The van der Waals surface area contributed by atoms with Gasteiger partial charge in [-0.15, -0.1) is 0 Å². The van der Waals surface area contributed by atoms with Crippen molar-refractivity contribution in [1.82, 2.24) is 9.88 Å². The van der Waals surface area contributed by atoms with Gasteiger partial charge in [-0.2, -0.15) is 0 Å². The zero-order valence-electron chi connectivity index (χ0n) is 10.5. The minimum absolute atomic E-state index is 0.0186. The Labute approximate surface area is 106 Å². The molecule has 0 atom stereocenters. The van der Waals surface area contributed by atoms with Crippen molar-refractivity contribution in [3.05, 3.63) is 24.0 Å². The molecule has 0 bridgehead atoms. The molecule has 1 aromatic rings. The number of carbonyl (C=O) groups excluding carboxylic acids is 1. The van der Waals surface area contributed by atoms with E-state index in [4.69, 9.17) is 4.74 Å². The summed E-state index contributed by atoms with van der Waals surface area (Å²) in [5, 5.41) is 9.32. The van der Waals surface area contributed by atoms with E-state index in [0.29, 0.717) is 18.7 Å². The van der Waals surface area contributed by atoms with Gasteiger partial charge in [0.1, 0.15) is 5.75 Å². The van der Waals surface area contributed by atoms with Crippen molar-refractivity contribution >= 4 is 5.91 Å². The van der Waals surface area contributed by atoms with Crippen LogP contribution < -0.4 is 0 Å². The van der Waals surface area contributed by atoms with Crippen LogP contribution in [0.25, 0.3) is 0 Å². The second-order valence-corrected chi connectivity index (χ2v) is 4.38. The fraction of sp³-hybridized carbons (Fsp3) is 0.538. The Morgan fingerprint density at radius 3 is 2.83 bits per heavy atom. The molecule has 2 heterocycles. The lowest BCUT2D eigenvalue weighted by molar-refractivity contribution is 0.0146. The summed E-state index contributed by atoms with van der Waals surface area (Å²) in [6, 6.07) is 1.45. The average molecular weight is 250 g/mol. The molecular formula is C13H18N2O3. The number of hydrogen-bond acceptors (Lipinski definition) is 4. The average Bonchev–Trinajstić information content (AvgIpc) is 2.39. The summed E-state index contributed by atoms with van der Waals surface area (Å²) in [6.07, 6.45) is 4.80. The van der Waals surface area contributed by atoms with Crippen molar-refractivity contribution in [3.8, 4) is 5.75 Å². The molecule has 1 aromatic heterocycles. The van der Waals surface area contributed by atoms with Gasteiger partial charge < -0.3 is 14.7 Å². The van der Waals surface area contributed by atoms with E-state index in [9.17, 15) is 9.90 Å². The van der Waals surface area contributed by atoms with Crippen LogP contribution in [0.2, 0.25) is 0 Å². The third-order valence-electron chi connectivity index (χ3n) is 3.10. The molecule has 0 aliphatic carbocycles. The Kier molecular flexibility index (Phi) is 4.15. The minimum atomic E-state index is -0.0756. The van der Waals surface area contributed by atoms with Crippen molar-refractivity contribution < 1.29 is 14.6 Å². The van der Waals surface area contributed by atoms with Crippen LogP contribution in [0, 0.1) is 0 Å². The molecule has 0 saturated carbocycles. The Balaban J connectivity index is 1.95. The van der Waals surface area contributed by atoms with Gasteiger partial charge in [-0.05, 0) is 25.8 Å². The zero-order chi connectivity index (χ0) is 13.0. The molecule has 0 spiro atoms. The molecule has 0 unspecified atom stereocenters. The van der Waals surface area contributed by atoms with E-state index in [-0.39, 0.29) is 17.8 Å². The molecular weight excluding hydrogens is 232 g/mol. The Morgan fingerprint density at radius 2 is 2.22 bits per heavy atom. The van der Waals surface area contributed by atoms with Crippen LogP contribution in [0.4, 0.5) is 0 Å². The summed E-state index contributed by atoms with van der Waals surface area (Å²) in [7, 11) is 0. The van der Waals surface area contributed by atoms with Crippen molar-refractivity contribution in [2.75, 3.05) is 19.7 Å². The van der Waals surface area contributed by atoms with Crippen LogP contribution in [-0.2, 0) is 4.74 Å². The first-order chi connectivity index (χ1) is 8.70. The topological polar surface area (TPSA) is 62.7 Å². The number of pyridine rings is 1. The number of hydrogen-bond donors (Lipinski definition) is 1. The maximum atomic E-state index is 12.2. The van der Waals surface area contributed by atoms with Gasteiger partial charge in [0.15, 0.2) is 0 Å². The highest BCUT2D eigenvalue weighted by Crippen LogP contribution is 2.17. The quantitative estimate of drug-likeness (QED) is 0.881. The van der Waals surface area contributed by atoms with E-state index >= 15 is 0 Å². The maximum absolute atomic E-state index is 12.2. The summed E-state index contributed by atoms with van der Waals surface area (Å²) < 4.78 is 5.55. The van der Waals surface area contributed by atoms with Crippen LogP contribution in [0.3, 0.4) is 0 Å². The number of ether oxygens (including phenoxy) is 1. The first kappa shape index (κ1) is 12.8. The number of aromatic nitrogens is 1. The van der Waals surface area contributed by atoms with Crippen molar-refractivity contribution in [3.63, 3.8) is 0 Å². The summed E-state index contributed by atoms with van der Waals surface area (Å²) in [6.45, 7) is 4.09. The molecule has 1 amide bonds. The van der Waals surface area contributed by atoms with E-state index in [1.54, 1.807) is 4.90 Å². The van der Waals surface area contributed by atoms with Gasteiger partial charge in [0.25, 0.3) is 5.91 Å². The minimum Gasteiger partial charge on any atom is -0.506 e. The first-order valence-corrected chi connectivity index (χ1v) is 6.25. The molecule has 18 heavy (non-hydrogen) atoms. The van der Waals surface area contributed by atoms with E-state index in [1.807, 2.05) is 6.92 Å². The lowest BCUT2D eigenvalue weighted by atomic mass is 10.1. The predicted octanol–water partition coefficient (Wildman–Crippen LogP) is 1.43. The molecule has 2 rings (SSSR count). The van der Waals surface area contributed by atoms with E-state index in [2.05, 4.69) is 4.98 Å². The van der Waals surface area contributed by atoms with Gasteiger partial charge in [0, 0.05) is 25.9 Å². The fourth-order valence-corrected chi connectivity index (χ4v) is 2.19. The normalized spacial score (nSPS) is 16.8. The third kappa shape index (κ3) is 2.98. The highest BCUT2D eigenvalue weighted by molar-refractivity contribution is 5.94. The molecule has 5 nitrogen and oxygen atoms in total. The largest absolute Gasteiger partial charge is 0.506 e. The van der Waals surface area contributed by atoms with Gasteiger partial charge in [-0.1, -0.05) is 0 Å². The van der Waals surface area contributed by atoms with Gasteiger partial charge in [-0.25, -0.2) is 0 Å². The lowest BCUT2D eigenvalue weighted by Gasteiger charge is -2.31. The Hall–Kier alpha value is -1.62. The van der Waals surface area contributed by atoms with E-state index in [1.165, 1.54) is 18.5 Å². The molecule has 0 radical (unpaired) electrons. The smallest absolute Gasteiger partial charge is 0.255 e. The second-order valence-electron chi connectivity index (χ2n) is 4.38. The number of aromatic hydroxyl groups is 1. The molecule has 1 saturated heterocycles. The van der Waals surface area contributed by atoms with Gasteiger partial charge >= 0.3 is 0 Å². The molecule has 1 N–H and O–H groups in total. The Morgan fingerprint density at radius 1 is 1.50 bits per heavy atom. The van der Waals surface area contributed by atoms with Crippen LogP contribution >= 0.6 is 0 Å². The van der Waals surface area contributed by atoms with Crippen molar-refractivity contribution in [1.29, 1.82) is 0 Å². The number of carbonyl (C=O) groups is 1. The van der Waals surface area contributed by atoms with Crippen molar-refractivity contribution in [2.24, 2.45) is 0 Å². The number of likely N-dealkylation sites (tertiary alicyclic amines) is 1. The monoisotopic (exact) mass is 250 g/mol. The highest BCUT2D eigenvalue weighted by atomic mass is 16.5. The molecule has 1 aliphatic heterocycles. The molecule has 1 fully saturated rings. The van der Waals surface area contributed by atoms with Gasteiger partial charge in [0.2, 0.25) is 0 Å². The highest BCUT2D eigenvalue weighted by Gasteiger charge is 2.24. The van der Waals surface area contributed by atoms with E-state index < -0.39 is 0 Å². The van der Waals surface area contributed by atoms with Crippen LogP contribution in [-0.4, -0.2) is 46.7 Å². The van der Waals surface area contributed by atoms with Crippen LogP contribution in [0.5, 0.6) is 5.75 Å². The summed E-state index contributed by atoms with van der Waals surface area (Å²) in [4.78, 5) is 17.8. The first-order valence-electron chi connectivity index (χ1n) is 6.25. The zero-order valence-corrected chi connectivity index (χ0v) is 10.5. The van der Waals surface area contributed by atoms with Crippen LogP contribution in [0.1, 0.15) is 30.1 Å². The standard InChI is InChI=1S/C13H18N2O3/c1-2-18-12-3-5-15(6-4-12)13(17)10-7-11(16)9-14-8-10/h7-9,12,16H,2-6H2,1H3.